The summed E-state index contributed by atoms with van der Waals surface area (Å²) >= 11 is 0. The predicted octanol–water partition coefficient (Wildman–Crippen LogP) is 4.62. The van der Waals surface area contributed by atoms with Crippen LogP contribution in [0.2, 0.25) is 0 Å². The molecule has 0 bridgehead atoms. The number of carboxylic acid groups (broad SMARTS) is 1. The van der Waals surface area contributed by atoms with Crippen LogP contribution < -0.4 is 9.47 Å². The van der Waals surface area contributed by atoms with Gasteiger partial charge in [0.1, 0.15) is 30.1 Å². The molecule has 0 aliphatic carbocycles. The maximum absolute atomic E-state index is 12.1. The number of aliphatic carboxylic acids is 1. The fourth-order valence-corrected chi connectivity index (χ4v) is 3.83. The highest BCUT2D eigenvalue weighted by molar-refractivity contribution is 5.87. The van der Waals surface area contributed by atoms with Crippen LogP contribution in [-0.2, 0) is 27.4 Å². The lowest BCUT2D eigenvalue weighted by molar-refractivity contribution is -0.140. The van der Waals surface area contributed by atoms with Crippen molar-refractivity contribution in [1.29, 1.82) is 0 Å². The Morgan fingerprint density at radius 3 is 2.45 bits per heavy atom. The molecule has 0 saturated carbocycles. The lowest BCUT2D eigenvalue weighted by atomic mass is 9.90. The Morgan fingerprint density at radius 2 is 1.76 bits per heavy atom. The molecule has 1 heterocycles. The Balaban J connectivity index is 1.44. The van der Waals surface area contributed by atoms with E-state index in [1.807, 2.05) is 54.6 Å². The number of carboxylic acids is 1. The molecular formula is C27H24O6. The normalized spacial score (nSPS) is 16.8. The maximum Gasteiger partial charge on any atom is 0.330 e. The van der Waals surface area contributed by atoms with Gasteiger partial charge in [0.15, 0.2) is 0 Å². The summed E-state index contributed by atoms with van der Waals surface area (Å²) in [6, 6.07) is 22.8. The van der Waals surface area contributed by atoms with Gasteiger partial charge in [0.25, 0.3) is 0 Å². The Kier molecular flexibility index (Phi) is 6.74. The largest absolute Gasteiger partial charge is 0.489 e. The van der Waals surface area contributed by atoms with Gasteiger partial charge in [-0.15, -0.1) is 0 Å². The summed E-state index contributed by atoms with van der Waals surface area (Å²) in [5.74, 6) is -0.938. The number of methoxy groups -OCH3 is 1. The van der Waals surface area contributed by atoms with Crippen molar-refractivity contribution in [2.24, 2.45) is 0 Å². The SMILES string of the molecule is COC(=O)/C=C/c1ccc2c(c1)[C@@H](C(=O)O)[C@H](Cc1ccc(OCc3ccccc3)cc1)O2. The van der Waals surface area contributed by atoms with Crippen LogP contribution in [0.4, 0.5) is 0 Å². The van der Waals surface area contributed by atoms with Crippen molar-refractivity contribution >= 4 is 18.0 Å². The molecule has 6 nitrogen and oxygen atoms in total. The summed E-state index contributed by atoms with van der Waals surface area (Å²) in [4.78, 5) is 23.4. The average Bonchev–Trinajstić information content (AvgIpc) is 3.20. The standard InChI is InChI=1S/C27H24O6/c1-31-25(28)14-10-18-9-13-23-22(15-18)26(27(29)30)24(33-23)16-19-7-11-21(12-8-19)32-17-20-5-3-2-4-6-20/h2-15,24,26H,16-17H2,1H3,(H,29,30)/b14-10+/t24-,26+/m0/s1. The monoisotopic (exact) mass is 444 g/mol. The van der Waals surface area contributed by atoms with E-state index in [0.29, 0.717) is 29.9 Å². The predicted molar refractivity (Wildman–Crippen MR) is 123 cm³/mol. The average molecular weight is 444 g/mol. The summed E-state index contributed by atoms with van der Waals surface area (Å²) in [6.45, 7) is 0.481. The molecule has 0 spiro atoms. The van der Waals surface area contributed by atoms with Gasteiger partial charge in [0.2, 0.25) is 0 Å². The lowest BCUT2D eigenvalue weighted by Gasteiger charge is -2.16. The van der Waals surface area contributed by atoms with Crippen LogP contribution in [-0.4, -0.2) is 30.3 Å². The zero-order valence-corrected chi connectivity index (χ0v) is 18.1. The van der Waals surface area contributed by atoms with Crippen LogP contribution in [0, 0.1) is 0 Å². The molecule has 168 valence electrons. The molecular weight excluding hydrogens is 420 g/mol. The second-order valence-electron chi connectivity index (χ2n) is 7.75. The molecule has 3 aromatic carbocycles. The molecule has 0 aromatic heterocycles. The summed E-state index contributed by atoms with van der Waals surface area (Å²) in [7, 11) is 1.30. The van der Waals surface area contributed by atoms with Crippen molar-refractivity contribution in [3.8, 4) is 11.5 Å². The first-order chi connectivity index (χ1) is 16.0. The van der Waals surface area contributed by atoms with E-state index in [4.69, 9.17) is 9.47 Å². The first-order valence-corrected chi connectivity index (χ1v) is 10.6. The molecule has 0 radical (unpaired) electrons. The molecule has 1 aliphatic rings. The Hall–Kier alpha value is -4.06. The van der Waals surface area contributed by atoms with Crippen LogP contribution in [0.5, 0.6) is 11.5 Å². The van der Waals surface area contributed by atoms with Gasteiger partial charge in [-0.05, 0) is 47.0 Å². The van der Waals surface area contributed by atoms with E-state index in [2.05, 4.69) is 4.74 Å². The molecule has 4 rings (SSSR count). The van der Waals surface area contributed by atoms with Gasteiger partial charge >= 0.3 is 11.9 Å². The van der Waals surface area contributed by atoms with E-state index in [-0.39, 0.29) is 0 Å². The maximum atomic E-state index is 12.1. The number of carbonyl (C=O) groups excluding carboxylic acids is 1. The minimum Gasteiger partial charge on any atom is -0.489 e. The summed E-state index contributed by atoms with van der Waals surface area (Å²) in [5, 5.41) is 9.89. The number of benzene rings is 3. The number of fused-ring (bicyclic) bond motifs is 1. The van der Waals surface area contributed by atoms with Crippen molar-refractivity contribution < 1.29 is 28.9 Å². The minimum absolute atomic E-state index is 0.442. The van der Waals surface area contributed by atoms with Gasteiger partial charge in [-0.1, -0.05) is 48.5 Å². The van der Waals surface area contributed by atoms with Crippen LogP contribution in [0.3, 0.4) is 0 Å². The van der Waals surface area contributed by atoms with Gasteiger partial charge in [0, 0.05) is 18.1 Å². The number of hydrogen-bond donors (Lipinski definition) is 1. The summed E-state index contributed by atoms with van der Waals surface area (Å²) in [6.07, 6.45) is 2.80. The van der Waals surface area contributed by atoms with E-state index in [1.165, 1.54) is 13.2 Å². The number of rotatable bonds is 8. The van der Waals surface area contributed by atoms with Gasteiger partial charge in [-0.3, -0.25) is 4.79 Å². The number of carbonyl (C=O) groups is 2. The van der Waals surface area contributed by atoms with Crippen LogP contribution in [0.1, 0.15) is 28.2 Å². The highest BCUT2D eigenvalue weighted by Crippen LogP contribution is 2.40. The minimum atomic E-state index is -0.948. The van der Waals surface area contributed by atoms with Crippen molar-refractivity contribution in [3.05, 3.63) is 101 Å². The first-order valence-electron chi connectivity index (χ1n) is 10.6. The third kappa shape index (κ3) is 5.41. The fraction of sp³-hybridized carbons (Fsp3) is 0.185. The van der Waals surface area contributed by atoms with E-state index in [9.17, 15) is 14.7 Å². The van der Waals surface area contributed by atoms with Crippen LogP contribution in [0.25, 0.3) is 6.08 Å². The Labute approximate surface area is 192 Å². The number of hydrogen-bond acceptors (Lipinski definition) is 5. The number of esters is 1. The molecule has 0 saturated heterocycles. The number of ether oxygens (including phenoxy) is 3. The Morgan fingerprint density at radius 1 is 1.00 bits per heavy atom. The lowest BCUT2D eigenvalue weighted by Crippen LogP contribution is -2.27. The highest BCUT2D eigenvalue weighted by Gasteiger charge is 2.39. The molecule has 1 N–H and O–H groups in total. The van der Waals surface area contributed by atoms with Crippen molar-refractivity contribution in [1.82, 2.24) is 0 Å². The van der Waals surface area contributed by atoms with Crippen LogP contribution >= 0.6 is 0 Å². The molecule has 0 unspecified atom stereocenters. The van der Waals surface area contributed by atoms with E-state index < -0.39 is 24.0 Å². The summed E-state index contributed by atoms with van der Waals surface area (Å²) < 4.78 is 16.4. The summed E-state index contributed by atoms with van der Waals surface area (Å²) in [5.41, 5.74) is 3.35. The zero-order chi connectivity index (χ0) is 23.2. The van der Waals surface area contributed by atoms with Crippen LogP contribution in [0.15, 0.2) is 78.9 Å². The molecule has 0 fully saturated rings. The van der Waals surface area contributed by atoms with E-state index in [0.717, 1.165) is 16.9 Å². The third-order valence-electron chi connectivity index (χ3n) is 5.51. The fourth-order valence-electron chi connectivity index (χ4n) is 3.83. The second-order valence-corrected chi connectivity index (χ2v) is 7.75. The van der Waals surface area contributed by atoms with Gasteiger partial charge in [-0.2, -0.15) is 0 Å². The first kappa shape index (κ1) is 22.1. The van der Waals surface area contributed by atoms with E-state index in [1.54, 1.807) is 24.3 Å². The highest BCUT2D eigenvalue weighted by atomic mass is 16.5. The second kappa shape index (κ2) is 10.0. The van der Waals surface area contributed by atoms with E-state index >= 15 is 0 Å². The molecule has 2 atom stereocenters. The molecule has 3 aromatic rings. The topological polar surface area (TPSA) is 82.1 Å². The quantitative estimate of drug-likeness (QED) is 0.403. The molecule has 6 heteroatoms. The van der Waals surface area contributed by atoms with Gasteiger partial charge < -0.3 is 19.3 Å². The van der Waals surface area contributed by atoms with Crippen molar-refractivity contribution in [2.45, 2.75) is 25.0 Å². The third-order valence-corrected chi connectivity index (χ3v) is 5.51. The van der Waals surface area contributed by atoms with Crippen molar-refractivity contribution in [3.63, 3.8) is 0 Å². The molecule has 33 heavy (non-hydrogen) atoms. The Bertz CT molecular complexity index is 1150. The van der Waals surface area contributed by atoms with Crippen molar-refractivity contribution in [2.75, 3.05) is 7.11 Å². The smallest absolute Gasteiger partial charge is 0.330 e. The molecule has 1 aliphatic heterocycles. The van der Waals surface area contributed by atoms with Gasteiger partial charge in [0.05, 0.1) is 7.11 Å². The zero-order valence-electron chi connectivity index (χ0n) is 18.1. The van der Waals surface area contributed by atoms with Gasteiger partial charge in [-0.25, -0.2) is 4.79 Å². The molecule has 0 amide bonds.